The summed E-state index contributed by atoms with van der Waals surface area (Å²) >= 11 is 2.70. The van der Waals surface area contributed by atoms with Gasteiger partial charge in [-0.1, -0.05) is 25.6 Å². The molecule has 0 aliphatic carbocycles. The van der Waals surface area contributed by atoms with Crippen LogP contribution in [-0.2, 0) is 4.79 Å². The number of thiazole rings is 1. The Bertz CT molecular complexity index is 272. The number of aliphatic carboxylic acids is 1. The van der Waals surface area contributed by atoms with E-state index in [0.717, 1.165) is 4.34 Å². The summed E-state index contributed by atoms with van der Waals surface area (Å²) in [6.45, 7) is 3.72. The van der Waals surface area contributed by atoms with E-state index >= 15 is 0 Å². The number of aromatic nitrogens is 1. The first-order valence-electron chi connectivity index (χ1n) is 3.88. The zero-order valence-electron chi connectivity index (χ0n) is 7.39. The van der Waals surface area contributed by atoms with Crippen molar-refractivity contribution >= 4 is 29.1 Å². The number of hydrogen-bond acceptors (Lipinski definition) is 5. The molecule has 0 spiro atoms. The predicted octanol–water partition coefficient (Wildman–Crippen LogP) is 1.01. The van der Waals surface area contributed by atoms with Crippen LogP contribution in [0.1, 0.15) is 13.8 Å². The van der Waals surface area contributed by atoms with Crippen LogP contribution in [0, 0.1) is 5.92 Å². The summed E-state index contributed by atoms with van der Waals surface area (Å²) in [4.78, 5) is 14.7. The van der Waals surface area contributed by atoms with E-state index in [1.54, 1.807) is 6.20 Å². The normalized spacial score (nSPS) is 13.2. The molecule has 0 aliphatic rings. The Labute approximate surface area is 85.2 Å². The van der Waals surface area contributed by atoms with Crippen molar-refractivity contribution in [3.05, 3.63) is 11.6 Å². The maximum atomic E-state index is 10.7. The highest BCUT2D eigenvalue weighted by Gasteiger charge is 2.17. The van der Waals surface area contributed by atoms with E-state index in [2.05, 4.69) is 4.98 Å². The number of thioether (sulfide) groups is 1. The van der Waals surface area contributed by atoms with Crippen LogP contribution in [0.5, 0.6) is 0 Å². The van der Waals surface area contributed by atoms with E-state index in [1.807, 2.05) is 19.2 Å². The van der Waals surface area contributed by atoms with Crippen LogP contribution in [0.15, 0.2) is 15.9 Å². The molecule has 13 heavy (non-hydrogen) atoms. The fraction of sp³-hybridized carbons (Fsp3) is 0.500. The number of hydrogen-bond donors (Lipinski definition) is 0. The summed E-state index contributed by atoms with van der Waals surface area (Å²) in [5.74, 6) is -0.964. The molecule has 0 radical (unpaired) electrons. The Morgan fingerprint density at radius 3 is 2.77 bits per heavy atom. The van der Waals surface area contributed by atoms with Gasteiger partial charge in [0.15, 0.2) is 0 Å². The first-order valence-corrected chi connectivity index (χ1v) is 5.64. The van der Waals surface area contributed by atoms with E-state index in [4.69, 9.17) is 0 Å². The molecule has 0 saturated carbocycles. The minimum Gasteiger partial charge on any atom is -0.549 e. The number of carboxylic acid groups (broad SMARTS) is 1. The van der Waals surface area contributed by atoms with Gasteiger partial charge in [0.05, 0.1) is 11.2 Å². The Morgan fingerprint density at radius 1 is 1.69 bits per heavy atom. The highest BCUT2D eigenvalue weighted by atomic mass is 32.2. The summed E-state index contributed by atoms with van der Waals surface area (Å²) in [7, 11) is 0. The van der Waals surface area contributed by atoms with Crippen LogP contribution in [-0.4, -0.2) is 16.2 Å². The molecule has 72 valence electrons. The molecule has 0 amide bonds. The topological polar surface area (TPSA) is 53.0 Å². The summed E-state index contributed by atoms with van der Waals surface area (Å²) in [6, 6.07) is 0. The highest BCUT2D eigenvalue weighted by Crippen LogP contribution is 2.28. The SMILES string of the molecule is CC(C)[C@H](Sc1nccs1)C(=O)[O-]. The van der Waals surface area contributed by atoms with Gasteiger partial charge in [-0.05, 0) is 5.92 Å². The lowest BCUT2D eigenvalue weighted by Crippen LogP contribution is -2.36. The second-order valence-electron chi connectivity index (χ2n) is 2.90. The second-order valence-corrected chi connectivity index (χ2v) is 5.18. The Kier molecular flexibility index (Phi) is 3.74. The van der Waals surface area contributed by atoms with Crippen molar-refractivity contribution in [1.29, 1.82) is 0 Å². The quantitative estimate of drug-likeness (QED) is 0.705. The smallest absolute Gasteiger partial charge is 0.150 e. The van der Waals surface area contributed by atoms with Gasteiger partial charge in [0.1, 0.15) is 4.34 Å². The van der Waals surface area contributed by atoms with Crippen LogP contribution in [0.25, 0.3) is 0 Å². The lowest BCUT2D eigenvalue weighted by molar-refractivity contribution is -0.305. The summed E-state index contributed by atoms with van der Waals surface area (Å²) in [5.41, 5.74) is 0. The minimum atomic E-state index is -1.02. The van der Waals surface area contributed by atoms with Gasteiger partial charge in [-0.3, -0.25) is 0 Å². The van der Waals surface area contributed by atoms with Gasteiger partial charge in [-0.2, -0.15) is 0 Å². The van der Waals surface area contributed by atoms with Crippen molar-refractivity contribution in [1.82, 2.24) is 4.98 Å². The Balaban J connectivity index is 2.63. The van der Waals surface area contributed by atoms with E-state index < -0.39 is 11.2 Å². The molecule has 1 aromatic rings. The molecule has 0 unspecified atom stereocenters. The largest absolute Gasteiger partial charge is 0.549 e. The fourth-order valence-electron chi connectivity index (χ4n) is 0.834. The van der Waals surface area contributed by atoms with Gasteiger partial charge in [-0.25, -0.2) is 4.98 Å². The molecule has 1 atom stereocenters. The monoisotopic (exact) mass is 216 g/mol. The molecule has 1 aromatic heterocycles. The summed E-state index contributed by atoms with van der Waals surface area (Å²) < 4.78 is 0.780. The van der Waals surface area contributed by atoms with Crippen LogP contribution >= 0.6 is 23.1 Å². The molecule has 5 heteroatoms. The van der Waals surface area contributed by atoms with Crippen LogP contribution in [0.4, 0.5) is 0 Å². The van der Waals surface area contributed by atoms with Gasteiger partial charge in [0.2, 0.25) is 0 Å². The van der Waals surface area contributed by atoms with E-state index in [9.17, 15) is 9.90 Å². The average molecular weight is 216 g/mol. The molecule has 0 bridgehead atoms. The van der Waals surface area contributed by atoms with Crippen molar-refractivity contribution in [2.75, 3.05) is 0 Å². The number of carbonyl (C=O) groups excluding carboxylic acids is 1. The zero-order valence-corrected chi connectivity index (χ0v) is 9.02. The predicted molar refractivity (Wildman–Crippen MR) is 51.6 cm³/mol. The molecule has 3 nitrogen and oxygen atoms in total. The number of carboxylic acids is 1. The number of nitrogens with zero attached hydrogens (tertiary/aromatic N) is 1. The molecular formula is C8H10NO2S2-. The molecule has 0 saturated heterocycles. The number of carbonyl (C=O) groups is 1. The molecule has 0 aliphatic heterocycles. The lowest BCUT2D eigenvalue weighted by Gasteiger charge is -2.19. The van der Waals surface area contributed by atoms with Crippen molar-refractivity contribution in [3.63, 3.8) is 0 Å². The minimum absolute atomic E-state index is 0.0545. The third kappa shape index (κ3) is 3.00. The van der Waals surface area contributed by atoms with Gasteiger partial charge >= 0.3 is 0 Å². The van der Waals surface area contributed by atoms with Crippen LogP contribution < -0.4 is 5.11 Å². The van der Waals surface area contributed by atoms with Gasteiger partial charge in [-0.15, -0.1) is 11.3 Å². The Hall–Kier alpha value is -0.550. The van der Waals surface area contributed by atoms with Gasteiger partial charge in [0, 0.05) is 11.6 Å². The first-order chi connectivity index (χ1) is 6.11. The Morgan fingerprint density at radius 2 is 2.38 bits per heavy atom. The fourth-order valence-corrected chi connectivity index (χ4v) is 2.60. The van der Waals surface area contributed by atoms with Crippen molar-refractivity contribution in [3.8, 4) is 0 Å². The maximum Gasteiger partial charge on any atom is 0.150 e. The molecule has 0 fully saturated rings. The molecule has 1 rings (SSSR count). The molecule has 0 aromatic carbocycles. The third-order valence-corrected chi connectivity index (χ3v) is 3.92. The summed E-state index contributed by atoms with van der Waals surface area (Å²) in [5, 5.41) is 12.0. The van der Waals surface area contributed by atoms with Crippen molar-refractivity contribution in [2.45, 2.75) is 23.4 Å². The van der Waals surface area contributed by atoms with Gasteiger partial charge < -0.3 is 9.90 Å². The molecule has 0 N–H and O–H groups in total. The van der Waals surface area contributed by atoms with Crippen LogP contribution in [0.2, 0.25) is 0 Å². The van der Waals surface area contributed by atoms with E-state index in [0.29, 0.717) is 0 Å². The lowest BCUT2D eigenvalue weighted by atomic mass is 10.1. The van der Waals surface area contributed by atoms with E-state index in [-0.39, 0.29) is 5.92 Å². The standard InChI is InChI=1S/C8H11NO2S2/c1-5(2)6(7(10)11)13-8-9-3-4-12-8/h3-6H,1-2H3,(H,10,11)/p-1/t6-/m0/s1. The van der Waals surface area contributed by atoms with Crippen molar-refractivity contribution in [2.24, 2.45) is 5.92 Å². The molecule has 1 heterocycles. The summed E-state index contributed by atoms with van der Waals surface area (Å²) in [6.07, 6.45) is 1.67. The van der Waals surface area contributed by atoms with E-state index in [1.165, 1.54) is 23.1 Å². The average Bonchev–Trinajstić information content (AvgIpc) is 2.50. The number of rotatable bonds is 4. The third-order valence-electron chi connectivity index (χ3n) is 1.48. The van der Waals surface area contributed by atoms with Crippen LogP contribution in [0.3, 0.4) is 0 Å². The first kappa shape index (κ1) is 10.5. The maximum absolute atomic E-state index is 10.7. The molecular weight excluding hydrogens is 206 g/mol. The zero-order chi connectivity index (χ0) is 9.84. The highest BCUT2D eigenvalue weighted by molar-refractivity contribution is 8.02. The van der Waals surface area contributed by atoms with Gasteiger partial charge in [0.25, 0.3) is 0 Å². The second kappa shape index (κ2) is 4.62. The van der Waals surface area contributed by atoms with Crippen molar-refractivity contribution < 1.29 is 9.90 Å².